The SMILES string of the molecule is CC(OC(C)(c1ccc(C(=O)O)cc1)c1ccc(C(=O)O)cc1)(c1ccc(C(=O)O)cc1)c1ccc(C(=O)O)cc1. The van der Waals surface area contributed by atoms with E-state index in [1.165, 1.54) is 48.5 Å². The molecule has 9 heteroatoms. The van der Waals surface area contributed by atoms with Crippen LogP contribution in [-0.2, 0) is 15.9 Å². The van der Waals surface area contributed by atoms with Gasteiger partial charge in [0.25, 0.3) is 0 Å². The molecule has 0 bridgehead atoms. The maximum absolute atomic E-state index is 11.5. The monoisotopic (exact) mass is 554 g/mol. The maximum Gasteiger partial charge on any atom is 0.335 e. The first kappa shape index (κ1) is 28.7. The summed E-state index contributed by atoms with van der Waals surface area (Å²) in [7, 11) is 0. The summed E-state index contributed by atoms with van der Waals surface area (Å²) < 4.78 is 6.98. The molecule has 0 heterocycles. The first-order valence-corrected chi connectivity index (χ1v) is 12.4. The van der Waals surface area contributed by atoms with Gasteiger partial charge in [0.2, 0.25) is 0 Å². The topological polar surface area (TPSA) is 158 Å². The fraction of sp³-hybridized carbons (Fsp3) is 0.125. The summed E-state index contributed by atoms with van der Waals surface area (Å²) in [5, 5.41) is 37.7. The second-order valence-electron chi connectivity index (χ2n) is 9.70. The molecule has 0 aromatic heterocycles. The zero-order valence-corrected chi connectivity index (χ0v) is 22.1. The van der Waals surface area contributed by atoms with Gasteiger partial charge in [-0.3, -0.25) is 0 Å². The van der Waals surface area contributed by atoms with Crippen molar-refractivity contribution in [1.82, 2.24) is 0 Å². The fourth-order valence-electron chi connectivity index (χ4n) is 4.70. The molecule has 0 unspecified atom stereocenters. The Morgan fingerprint density at radius 3 is 0.732 bits per heavy atom. The molecule has 0 saturated heterocycles. The van der Waals surface area contributed by atoms with Crippen LogP contribution in [-0.4, -0.2) is 44.3 Å². The molecule has 0 aliphatic heterocycles. The van der Waals surface area contributed by atoms with Gasteiger partial charge in [-0.15, -0.1) is 0 Å². The van der Waals surface area contributed by atoms with E-state index in [9.17, 15) is 39.6 Å². The van der Waals surface area contributed by atoms with E-state index in [2.05, 4.69) is 0 Å². The lowest BCUT2D eigenvalue weighted by Gasteiger charge is -2.42. The van der Waals surface area contributed by atoms with Crippen LogP contribution < -0.4 is 0 Å². The summed E-state index contributed by atoms with van der Waals surface area (Å²) in [6, 6.07) is 24.3. The molecule has 0 aliphatic carbocycles. The summed E-state index contributed by atoms with van der Waals surface area (Å²) in [5.74, 6) is -4.42. The van der Waals surface area contributed by atoms with Crippen molar-refractivity contribution >= 4 is 23.9 Å². The summed E-state index contributed by atoms with van der Waals surface area (Å²) in [6.45, 7) is 3.52. The first-order chi connectivity index (χ1) is 19.3. The summed E-state index contributed by atoms with van der Waals surface area (Å²) in [5.41, 5.74) is -0.131. The van der Waals surface area contributed by atoms with E-state index < -0.39 is 35.1 Å². The van der Waals surface area contributed by atoms with E-state index in [1.54, 1.807) is 62.4 Å². The van der Waals surface area contributed by atoms with Gasteiger partial charge in [0.15, 0.2) is 0 Å². The second kappa shape index (κ2) is 11.1. The number of hydrogen-bond acceptors (Lipinski definition) is 5. The quantitative estimate of drug-likeness (QED) is 0.192. The van der Waals surface area contributed by atoms with Crippen molar-refractivity contribution in [1.29, 1.82) is 0 Å². The zero-order chi connectivity index (χ0) is 29.9. The molecule has 0 amide bonds. The molecule has 0 fully saturated rings. The van der Waals surface area contributed by atoms with Crippen molar-refractivity contribution in [2.45, 2.75) is 25.0 Å². The van der Waals surface area contributed by atoms with E-state index in [0.29, 0.717) is 22.3 Å². The minimum absolute atomic E-state index is 0.0635. The molecule has 4 rings (SSSR count). The molecular formula is C32H26O9. The molecule has 0 saturated carbocycles. The largest absolute Gasteiger partial charge is 0.478 e. The predicted molar refractivity (Wildman–Crippen MR) is 148 cm³/mol. The van der Waals surface area contributed by atoms with Gasteiger partial charge in [-0.2, -0.15) is 0 Å². The number of carboxylic acid groups (broad SMARTS) is 4. The molecule has 9 nitrogen and oxygen atoms in total. The highest BCUT2D eigenvalue weighted by atomic mass is 16.5. The summed E-state index contributed by atoms with van der Waals surface area (Å²) in [4.78, 5) is 46.0. The number of carbonyl (C=O) groups is 4. The third-order valence-electron chi connectivity index (χ3n) is 7.14. The average Bonchev–Trinajstić information content (AvgIpc) is 2.97. The van der Waals surface area contributed by atoms with Crippen molar-refractivity contribution in [2.24, 2.45) is 0 Å². The van der Waals surface area contributed by atoms with Gasteiger partial charge in [-0.1, -0.05) is 48.5 Å². The van der Waals surface area contributed by atoms with Crippen molar-refractivity contribution in [3.8, 4) is 0 Å². The second-order valence-corrected chi connectivity index (χ2v) is 9.70. The first-order valence-electron chi connectivity index (χ1n) is 12.4. The number of ether oxygens (including phenoxy) is 1. The van der Waals surface area contributed by atoms with Gasteiger partial charge in [0.05, 0.1) is 22.3 Å². The van der Waals surface area contributed by atoms with Gasteiger partial charge >= 0.3 is 23.9 Å². The van der Waals surface area contributed by atoms with Crippen LogP contribution in [0.1, 0.15) is 77.5 Å². The van der Waals surface area contributed by atoms with Crippen molar-refractivity contribution in [3.05, 3.63) is 142 Å². The van der Waals surface area contributed by atoms with Crippen LogP contribution in [0.3, 0.4) is 0 Å². The van der Waals surface area contributed by atoms with Crippen LogP contribution in [0.5, 0.6) is 0 Å². The Labute approximate surface area is 234 Å². The van der Waals surface area contributed by atoms with Crippen LogP contribution in [0, 0.1) is 0 Å². The highest BCUT2D eigenvalue weighted by Crippen LogP contribution is 2.44. The highest BCUT2D eigenvalue weighted by molar-refractivity contribution is 5.89. The normalized spacial score (nSPS) is 11.6. The molecule has 4 aromatic rings. The molecule has 0 radical (unpaired) electrons. The Morgan fingerprint density at radius 1 is 0.415 bits per heavy atom. The lowest BCUT2D eigenvalue weighted by Crippen LogP contribution is -2.39. The molecule has 4 N–H and O–H groups in total. The molecule has 4 aromatic carbocycles. The summed E-state index contributed by atoms with van der Waals surface area (Å²) >= 11 is 0. The number of hydrogen-bond donors (Lipinski definition) is 4. The lowest BCUT2D eigenvalue weighted by atomic mass is 9.82. The van der Waals surface area contributed by atoms with Gasteiger partial charge in [0, 0.05) is 0 Å². The molecule has 41 heavy (non-hydrogen) atoms. The molecule has 0 atom stereocenters. The molecular weight excluding hydrogens is 528 g/mol. The van der Waals surface area contributed by atoms with Crippen LogP contribution in [0.4, 0.5) is 0 Å². The third-order valence-corrected chi connectivity index (χ3v) is 7.14. The van der Waals surface area contributed by atoms with E-state index in [1.807, 2.05) is 0 Å². The lowest BCUT2D eigenvalue weighted by molar-refractivity contribution is -0.107. The number of aromatic carboxylic acids is 4. The van der Waals surface area contributed by atoms with E-state index in [0.717, 1.165) is 0 Å². The minimum Gasteiger partial charge on any atom is -0.478 e. The number of rotatable bonds is 10. The van der Waals surface area contributed by atoms with Crippen LogP contribution >= 0.6 is 0 Å². The Balaban J connectivity index is 1.94. The Kier molecular flexibility index (Phi) is 7.75. The Bertz CT molecular complexity index is 1360. The van der Waals surface area contributed by atoms with Crippen LogP contribution in [0.15, 0.2) is 97.1 Å². The Morgan fingerprint density at radius 2 is 0.585 bits per heavy atom. The standard InChI is InChI=1S/C32H26O9/c1-31(23-11-3-19(4-12-23)27(33)34,24-13-5-20(6-14-24)28(35)36)41-32(2,25-15-7-21(8-16-25)29(37)38)26-17-9-22(10-18-26)30(39)40/h3-18H,1-2H3,(H,33,34)(H,35,36)(H,37,38)(H,39,40). The van der Waals surface area contributed by atoms with Gasteiger partial charge in [0.1, 0.15) is 11.2 Å². The van der Waals surface area contributed by atoms with Crippen LogP contribution in [0.25, 0.3) is 0 Å². The third kappa shape index (κ3) is 5.70. The molecule has 208 valence electrons. The number of benzene rings is 4. The highest BCUT2D eigenvalue weighted by Gasteiger charge is 2.41. The smallest absolute Gasteiger partial charge is 0.335 e. The predicted octanol–water partition coefficient (Wildman–Crippen LogP) is 5.72. The van der Waals surface area contributed by atoms with Gasteiger partial charge in [-0.05, 0) is 84.6 Å². The molecule has 0 spiro atoms. The van der Waals surface area contributed by atoms with Crippen molar-refractivity contribution in [2.75, 3.05) is 0 Å². The van der Waals surface area contributed by atoms with Gasteiger partial charge in [-0.25, -0.2) is 19.2 Å². The van der Waals surface area contributed by atoms with E-state index >= 15 is 0 Å². The van der Waals surface area contributed by atoms with Crippen LogP contribution in [0.2, 0.25) is 0 Å². The average molecular weight is 555 g/mol. The summed E-state index contributed by atoms with van der Waals surface area (Å²) in [6.07, 6.45) is 0. The van der Waals surface area contributed by atoms with Crippen molar-refractivity contribution < 1.29 is 44.3 Å². The zero-order valence-electron chi connectivity index (χ0n) is 22.1. The fourth-order valence-corrected chi connectivity index (χ4v) is 4.70. The van der Waals surface area contributed by atoms with E-state index in [-0.39, 0.29) is 22.3 Å². The Hall–Kier alpha value is -5.28. The maximum atomic E-state index is 11.5. The van der Waals surface area contributed by atoms with Gasteiger partial charge < -0.3 is 25.2 Å². The van der Waals surface area contributed by atoms with E-state index in [4.69, 9.17) is 4.74 Å². The van der Waals surface area contributed by atoms with Crippen molar-refractivity contribution in [3.63, 3.8) is 0 Å². The minimum atomic E-state index is -1.31. The molecule has 0 aliphatic rings. The number of carboxylic acids is 4.